The van der Waals surface area contributed by atoms with Crippen LogP contribution in [0.15, 0.2) is 41.3 Å². The normalized spacial score (nSPS) is 10.4. The summed E-state index contributed by atoms with van der Waals surface area (Å²) in [6.07, 6.45) is 2.05. The average Bonchev–Trinajstić information content (AvgIpc) is 2.63. The largest absolute Gasteiger partial charge is 0.497 e. The van der Waals surface area contributed by atoms with E-state index in [1.807, 2.05) is 28.8 Å². The summed E-state index contributed by atoms with van der Waals surface area (Å²) < 4.78 is 18.2. The Hall–Kier alpha value is -2.96. The molecule has 0 fully saturated rings. The fourth-order valence-electron chi connectivity index (χ4n) is 2.40. The van der Waals surface area contributed by atoms with Gasteiger partial charge in [0.1, 0.15) is 18.1 Å². The standard InChI is InChI=1S/C19H23NO6/c1-14-19(26-12-3-4-18(22)23)17(21)9-10-20(14)11-13-25-16-7-5-15(24-2)6-8-16/h5-10H,3-4,11-13H2,1-2H3,(H,22,23). The third-order valence-electron chi connectivity index (χ3n) is 3.83. The highest BCUT2D eigenvalue weighted by Gasteiger charge is 2.09. The fourth-order valence-corrected chi connectivity index (χ4v) is 2.40. The Morgan fingerprint density at radius 2 is 1.77 bits per heavy atom. The fraction of sp³-hybridized carbons (Fsp3) is 0.368. The third kappa shape index (κ3) is 5.54. The molecule has 1 N–H and O–H groups in total. The van der Waals surface area contributed by atoms with Crippen LogP contribution in [0.5, 0.6) is 17.2 Å². The van der Waals surface area contributed by atoms with Crippen LogP contribution >= 0.6 is 0 Å². The summed E-state index contributed by atoms with van der Waals surface area (Å²) in [6, 6.07) is 8.74. The molecule has 0 radical (unpaired) electrons. The van der Waals surface area contributed by atoms with E-state index in [0.29, 0.717) is 25.3 Å². The molecule has 0 atom stereocenters. The number of hydrogen-bond acceptors (Lipinski definition) is 5. The van der Waals surface area contributed by atoms with Gasteiger partial charge in [-0.25, -0.2) is 0 Å². The van der Waals surface area contributed by atoms with Crippen LogP contribution in [0.1, 0.15) is 18.5 Å². The lowest BCUT2D eigenvalue weighted by molar-refractivity contribution is -0.137. The zero-order valence-electron chi connectivity index (χ0n) is 14.9. The van der Waals surface area contributed by atoms with E-state index >= 15 is 0 Å². The number of carboxylic acid groups (broad SMARTS) is 1. The first kappa shape index (κ1) is 19.4. The minimum atomic E-state index is -0.883. The molecule has 0 amide bonds. The van der Waals surface area contributed by atoms with Crippen molar-refractivity contribution in [2.24, 2.45) is 0 Å². The van der Waals surface area contributed by atoms with Crippen LogP contribution in [0, 0.1) is 6.92 Å². The first-order valence-corrected chi connectivity index (χ1v) is 8.32. The third-order valence-corrected chi connectivity index (χ3v) is 3.83. The van der Waals surface area contributed by atoms with Gasteiger partial charge in [0.2, 0.25) is 5.43 Å². The Morgan fingerprint density at radius 1 is 1.08 bits per heavy atom. The van der Waals surface area contributed by atoms with Crippen molar-refractivity contribution in [3.05, 3.63) is 52.4 Å². The second kappa shape index (κ2) is 9.50. The topological polar surface area (TPSA) is 87.0 Å². The molecular formula is C19H23NO6. The number of ether oxygens (including phenoxy) is 3. The molecule has 2 aromatic rings. The van der Waals surface area contributed by atoms with Crippen molar-refractivity contribution in [2.45, 2.75) is 26.3 Å². The van der Waals surface area contributed by atoms with Gasteiger partial charge in [0.25, 0.3) is 0 Å². The molecule has 0 aliphatic heterocycles. The highest BCUT2D eigenvalue weighted by molar-refractivity contribution is 5.66. The van der Waals surface area contributed by atoms with Gasteiger partial charge in [-0.15, -0.1) is 0 Å². The lowest BCUT2D eigenvalue weighted by atomic mass is 10.3. The maximum Gasteiger partial charge on any atom is 0.303 e. The van der Waals surface area contributed by atoms with E-state index in [-0.39, 0.29) is 24.2 Å². The smallest absolute Gasteiger partial charge is 0.303 e. The Labute approximate surface area is 151 Å². The van der Waals surface area contributed by atoms with Gasteiger partial charge in [-0.05, 0) is 37.6 Å². The van der Waals surface area contributed by atoms with Gasteiger partial charge in [0.15, 0.2) is 5.75 Å². The summed E-state index contributed by atoms with van der Waals surface area (Å²) in [5.41, 5.74) is 0.469. The minimum Gasteiger partial charge on any atom is -0.497 e. The van der Waals surface area contributed by atoms with Crippen molar-refractivity contribution >= 4 is 5.97 Å². The van der Waals surface area contributed by atoms with Crippen molar-refractivity contribution in [3.63, 3.8) is 0 Å². The number of aliphatic carboxylic acids is 1. The highest BCUT2D eigenvalue weighted by atomic mass is 16.5. The number of methoxy groups -OCH3 is 1. The van der Waals surface area contributed by atoms with Gasteiger partial charge in [0.05, 0.1) is 26.0 Å². The van der Waals surface area contributed by atoms with E-state index in [4.69, 9.17) is 19.3 Å². The van der Waals surface area contributed by atoms with Gasteiger partial charge in [-0.2, -0.15) is 0 Å². The van der Waals surface area contributed by atoms with E-state index in [9.17, 15) is 9.59 Å². The summed E-state index contributed by atoms with van der Waals surface area (Å²) in [7, 11) is 1.61. The molecule has 7 heteroatoms. The van der Waals surface area contributed by atoms with Gasteiger partial charge < -0.3 is 23.9 Å². The average molecular weight is 361 g/mol. The second-order valence-electron chi connectivity index (χ2n) is 5.66. The van der Waals surface area contributed by atoms with Gasteiger partial charge in [-0.1, -0.05) is 0 Å². The Kier molecular flexibility index (Phi) is 7.08. The number of pyridine rings is 1. The molecule has 1 heterocycles. The zero-order chi connectivity index (χ0) is 18.9. The predicted octanol–water partition coefficient (Wildman–Crippen LogP) is 2.49. The van der Waals surface area contributed by atoms with Crippen LogP contribution in [-0.2, 0) is 11.3 Å². The van der Waals surface area contributed by atoms with Gasteiger partial charge >= 0.3 is 5.97 Å². The maximum atomic E-state index is 12.0. The summed E-state index contributed by atoms with van der Waals surface area (Å²) in [4.78, 5) is 22.5. The number of aromatic nitrogens is 1. The van der Waals surface area contributed by atoms with Crippen molar-refractivity contribution in [1.29, 1.82) is 0 Å². The quantitative estimate of drug-likeness (QED) is 0.654. The minimum absolute atomic E-state index is 0.00970. The van der Waals surface area contributed by atoms with Crippen LogP contribution in [0.4, 0.5) is 0 Å². The van der Waals surface area contributed by atoms with Crippen LogP contribution in [0.3, 0.4) is 0 Å². The molecule has 0 aliphatic rings. The van der Waals surface area contributed by atoms with Gasteiger partial charge in [-0.3, -0.25) is 9.59 Å². The number of rotatable bonds is 10. The lowest BCUT2D eigenvalue weighted by Gasteiger charge is -2.15. The van der Waals surface area contributed by atoms with Crippen LogP contribution in [0.25, 0.3) is 0 Å². The van der Waals surface area contributed by atoms with Crippen molar-refractivity contribution in [2.75, 3.05) is 20.3 Å². The Bertz CT molecular complexity index is 782. The van der Waals surface area contributed by atoms with E-state index < -0.39 is 5.97 Å². The van der Waals surface area contributed by atoms with Crippen molar-refractivity contribution in [1.82, 2.24) is 4.57 Å². The highest BCUT2D eigenvalue weighted by Crippen LogP contribution is 2.17. The Morgan fingerprint density at radius 3 is 2.42 bits per heavy atom. The first-order valence-electron chi connectivity index (χ1n) is 8.32. The van der Waals surface area contributed by atoms with E-state index in [1.165, 1.54) is 6.07 Å². The molecule has 0 spiro atoms. The second-order valence-corrected chi connectivity index (χ2v) is 5.66. The number of nitrogens with zero attached hydrogens (tertiary/aromatic N) is 1. The summed E-state index contributed by atoms with van der Waals surface area (Å²) in [6.45, 7) is 2.95. The van der Waals surface area contributed by atoms with Gasteiger partial charge in [0, 0.05) is 18.7 Å². The van der Waals surface area contributed by atoms with Crippen LogP contribution < -0.4 is 19.6 Å². The molecule has 1 aromatic carbocycles. The van der Waals surface area contributed by atoms with E-state index in [2.05, 4.69) is 0 Å². The molecule has 0 unspecified atom stereocenters. The first-order chi connectivity index (χ1) is 12.5. The van der Waals surface area contributed by atoms with Crippen LogP contribution in [0.2, 0.25) is 0 Å². The molecule has 0 saturated heterocycles. The number of hydrogen-bond donors (Lipinski definition) is 1. The number of benzene rings is 1. The molecular weight excluding hydrogens is 338 g/mol. The maximum absolute atomic E-state index is 12.0. The lowest BCUT2D eigenvalue weighted by Crippen LogP contribution is -2.18. The molecule has 1 aromatic heterocycles. The molecule has 0 bridgehead atoms. The van der Waals surface area contributed by atoms with Crippen LogP contribution in [-0.4, -0.2) is 36.0 Å². The summed E-state index contributed by atoms with van der Waals surface area (Å²) >= 11 is 0. The monoisotopic (exact) mass is 361 g/mol. The molecule has 7 nitrogen and oxygen atoms in total. The van der Waals surface area contributed by atoms with Crippen molar-refractivity contribution in [3.8, 4) is 17.2 Å². The number of carbonyl (C=O) groups is 1. The Balaban J connectivity index is 1.93. The molecule has 140 valence electrons. The molecule has 26 heavy (non-hydrogen) atoms. The van der Waals surface area contributed by atoms with E-state index in [0.717, 1.165) is 11.5 Å². The number of carboxylic acids is 1. The van der Waals surface area contributed by atoms with Crippen molar-refractivity contribution < 1.29 is 24.1 Å². The molecule has 0 saturated carbocycles. The molecule has 0 aliphatic carbocycles. The zero-order valence-corrected chi connectivity index (χ0v) is 14.9. The summed E-state index contributed by atoms with van der Waals surface area (Å²) in [5.74, 6) is 0.863. The summed E-state index contributed by atoms with van der Waals surface area (Å²) in [5, 5.41) is 8.64. The SMILES string of the molecule is COc1ccc(OCCn2ccc(=O)c(OCCCC(=O)O)c2C)cc1. The van der Waals surface area contributed by atoms with E-state index in [1.54, 1.807) is 20.2 Å². The predicted molar refractivity (Wildman–Crippen MR) is 96.3 cm³/mol. The molecule has 2 rings (SSSR count).